The van der Waals surface area contributed by atoms with Crippen LogP contribution in [0.25, 0.3) is 0 Å². The van der Waals surface area contributed by atoms with E-state index in [-0.39, 0.29) is 12.3 Å². The number of hydrogen-bond donors (Lipinski definition) is 0. The van der Waals surface area contributed by atoms with E-state index in [1.54, 1.807) is 0 Å². The largest absolute Gasteiger partial charge is 0.453 e. The molecule has 94 valence electrons. The summed E-state index contributed by atoms with van der Waals surface area (Å²) < 4.78 is 42.0. The van der Waals surface area contributed by atoms with E-state index in [2.05, 4.69) is 4.74 Å². The van der Waals surface area contributed by atoms with Crippen molar-refractivity contribution in [2.45, 2.75) is 57.7 Å². The Morgan fingerprint density at radius 3 is 2.31 bits per heavy atom. The van der Waals surface area contributed by atoms with Crippen molar-refractivity contribution in [3.63, 3.8) is 0 Å². The lowest BCUT2D eigenvalue weighted by Crippen LogP contribution is -2.35. The normalized spacial score (nSPS) is 20.5. The number of ether oxygens (including phenoxy) is 1. The zero-order valence-electron chi connectivity index (χ0n) is 9.35. The number of alkyl halides is 3. The molecule has 0 bridgehead atoms. The van der Waals surface area contributed by atoms with Gasteiger partial charge in [-0.05, 0) is 12.3 Å². The molecule has 1 fully saturated rings. The Morgan fingerprint density at radius 2 is 1.88 bits per heavy atom. The molecule has 5 heteroatoms. The second-order valence-electron chi connectivity index (χ2n) is 4.38. The third-order valence-electron chi connectivity index (χ3n) is 2.95. The smallest absolute Gasteiger partial charge is 0.425 e. The first kappa shape index (κ1) is 13.3. The van der Waals surface area contributed by atoms with Crippen LogP contribution in [-0.2, 0) is 9.53 Å². The number of carbonyl (C=O) groups is 1. The van der Waals surface area contributed by atoms with Gasteiger partial charge in [0.1, 0.15) is 0 Å². The summed E-state index contributed by atoms with van der Waals surface area (Å²) in [5.41, 5.74) is 0. The SMILES string of the molecule is CC(=O)O[C@H](CC1CCCCC1)C(F)(F)F. The molecule has 1 saturated carbocycles. The van der Waals surface area contributed by atoms with Crippen molar-refractivity contribution in [2.24, 2.45) is 5.92 Å². The molecule has 1 aliphatic carbocycles. The molecular weight excluding hydrogens is 221 g/mol. The molecule has 0 unspecified atom stereocenters. The predicted molar refractivity (Wildman–Crippen MR) is 52.8 cm³/mol. The highest BCUT2D eigenvalue weighted by molar-refractivity contribution is 5.66. The molecule has 1 atom stereocenters. The fourth-order valence-electron chi connectivity index (χ4n) is 2.17. The number of halogens is 3. The Bertz CT molecular complexity index is 232. The molecular formula is C11H17F3O2. The fraction of sp³-hybridized carbons (Fsp3) is 0.909. The van der Waals surface area contributed by atoms with E-state index in [0.29, 0.717) is 0 Å². The van der Waals surface area contributed by atoms with Crippen LogP contribution in [0.3, 0.4) is 0 Å². The number of esters is 1. The van der Waals surface area contributed by atoms with Gasteiger partial charge in [0, 0.05) is 6.92 Å². The van der Waals surface area contributed by atoms with Gasteiger partial charge in [-0.15, -0.1) is 0 Å². The first-order valence-corrected chi connectivity index (χ1v) is 5.63. The van der Waals surface area contributed by atoms with Gasteiger partial charge < -0.3 is 4.74 Å². The highest BCUT2D eigenvalue weighted by Gasteiger charge is 2.43. The lowest BCUT2D eigenvalue weighted by Gasteiger charge is -2.27. The molecule has 16 heavy (non-hydrogen) atoms. The molecule has 0 spiro atoms. The zero-order valence-corrected chi connectivity index (χ0v) is 9.35. The summed E-state index contributed by atoms with van der Waals surface area (Å²) in [5, 5.41) is 0. The minimum Gasteiger partial charge on any atom is -0.453 e. The summed E-state index contributed by atoms with van der Waals surface area (Å²) >= 11 is 0. The van der Waals surface area contributed by atoms with Crippen LogP contribution < -0.4 is 0 Å². The van der Waals surface area contributed by atoms with Gasteiger partial charge in [0.05, 0.1) is 0 Å². The van der Waals surface area contributed by atoms with Crippen molar-refractivity contribution in [1.29, 1.82) is 0 Å². The molecule has 1 rings (SSSR count). The summed E-state index contributed by atoms with van der Waals surface area (Å²) in [6, 6.07) is 0. The number of rotatable bonds is 3. The average Bonchev–Trinajstić information content (AvgIpc) is 2.16. The first-order valence-electron chi connectivity index (χ1n) is 5.63. The van der Waals surface area contributed by atoms with E-state index in [1.165, 1.54) is 0 Å². The molecule has 0 aromatic rings. The van der Waals surface area contributed by atoms with Gasteiger partial charge in [0.2, 0.25) is 0 Å². The van der Waals surface area contributed by atoms with Crippen LogP contribution in [0, 0.1) is 5.92 Å². The second kappa shape index (κ2) is 5.55. The quantitative estimate of drug-likeness (QED) is 0.704. The van der Waals surface area contributed by atoms with Crippen molar-refractivity contribution in [2.75, 3.05) is 0 Å². The van der Waals surface area contributed by atoms with Crippen molar-refractivity contribution in [3.8, 4) is 0 Å². The van der Waals surface area contributed by atoms with Gasteiger partial charge in [-0.2, -0.15) is 13.2 Å². The Labute approximate surface area is 93.2 Å². The lowest BCUT2D eigenvalue weighted by atomic mass is 9.85. The molecule has 0 radical (unpaired) electrons. The molecule has 0 amide bonds. The van der Waals surface area contributed by atoms with Crippen LogP contribution in [0.5, 0.6) is 0 Å². The van der Waals surface area contributed by atoms with E-state index in [9.17, 15) is 18.0 Å². The highest BCUT2D eigenvalue weighted by Crippen LogP contribution is 2.33. The van der Waals surface area contributed by atoms with Gasteiger partial charge in [-0.3, -0.25) is 4.79 Å². The molecule has 1 aliphatic rings. The van der Waals surface area contributed by atoms with E-state index >= 15 is 0 Å². The maximum absolute atomic E-state index is 12.6. The van der Waals surface area contributed by atoms with Gasteiger partial charge in [0.25, 0.3) is 0 Å². The van der Waals surface area contributed by atoms with Crippen LogP contribution in [0.1, 0.15) is 45.4 Å². The maximum Gasteiger partial charge on any atom is 0.425 e. The van der Waals surface area contributed by atoms with Gasteiger partial charge >= 0.3 is 12.1 Å². The van der Waals surface area contributed by atoms with Gasteiger partial charge in [-0.1, -0.05) is 32.1 Å². The standard InChI is InChI=1S/C11H17F3O2/c1-8(15)16-10(11(12,13)14)7-9-5-3-2-4-6-9/h9-10H,2-7H2,1H3/t10-/m1/s1. The molecule has 0 aromatic heterocycles. The Morgan fingerprint density at radius 1 is 1.31 bits per heavy atom. The van der Waals surface area contributed by atoms with Crippen LogP contribution in [0.2, 0.25) is 0 Å². The minimum absolute atomic E-state index is 0.0414. The summed E-state index contributed by atoms with van der Waals surface area (Å²) in [4.78, 5) is 10.6. The van der Waals surface area contributed by atoms with Gasteiger partial charge in [0.15, 0.2) is 6.10 Å². The molecule has 0 saturated heterocycles. The van der Waals surface area contributed by atoms with Crippen molar-refractivity contribution in [1.82, 2.24) is 0 Å². The van der Waals surface area contributed by atoms with Crippen LogP contribution in [0.4, 0.5) is 13.2 Å². The van der Waals surface area contributed by atoms with E-state index in [0.717, 1.165) is 39.0 Å². The topological polar surface area (TPSA) is 26.3 Å². The molecule has 0 aliphatic heterocycles. The first-order chi connectivity index (χ1) is 7.39. The highest BCUT2D eigenvalue weighted by atomic mass is 19.4. The predicted octanol–water partition coefficient (Wildman–Crippen LogP) is 3.45. The third kappa shape index (κ3) is 4.41. The zero-order chi connectivity index (χ0) is 12.2. The summed E-state index contributed by atoms with van der Waals surface area (Å²) in [6.07, 6.45) is -1.76. The number of hydrogen-bond acceptors (Lipinski definition) is 2. The average molecular weight is 238 g/mol. The maximum atomic E-state index is 12.6. The minimum atomic E-state index is -4.44. The summed E-state index contributed by atoms with van der Waals surface area (Å²) in [6.45, 7) is 1.01. The summed E-state index contributed by atoms with van der Waals surface area (Å²) in [5.74, 6) is -0.821. The fourth-order valence-corrected chi connectivity index (χ4v) is 2.17. The Kier molecular flexibility index (Phi) is 4.62. The lowest BCUT2D eigenvalue weighted by molar-refractivity contribution is -0.224. The third-order valence-corrected chi connectivity index (χ3v) is 2.95. The molecule has 2 nitrogen and oxygen atoms in total. The van der Waals surface area contributed by atoms with E-state index in [4.69, 9.17) is 0 Å². The molecule has 0 aromatic carbocycles. The monoisotopic (exact) mass is 238 g/mol. The number of carbonyl (C=O) groups excluding carboxylic acids is 1. The van der Waals surface area contributed by atoms with Gasteiger partial charge in [-0.25, -0.2) is 0 Å². The second-order valence-corrected chi connectivity index (χ2v) is 4.38. The van der Waals surface area contributed by atoms with E-state index in [1.807, 2.05) is 0 Å². The van der Waals surface area contributed by atoms with Crippen LogP contribution in [0.15, 0.2) is 0 Å². The van der Waals surface area contributed by atoms with Crippen molar-refractivity contribution >= 4 is 5.97 Å². The summed E-state index contributed by atoms with van der Waals surface area (Å²) in [7, 11) is 0. The molecule has 0 N–H and O–H groups in total. The van der Waals surface area contributed by atoms with E-state index < -0.39 is 18.2 Å². The molecule has 0 heterocycles. The Balaban J connectivity index is 2.51. The Hall–Kier alpha value is -0.740. The van der Waals surface area contributed by atoms with Crippen molar-refractivity contribution < 1.29 is 22.7 Å². The van der Waals surface area contributed by atoms with Crippen LogP contribution >= 0.6 is 0 Å². The van der Waals surface area contributed by atoms with Crippen LogP contribution in [-0.4, -0.2) is 18.2 Å². The van der Waals surface area contributed by atoms with Crippen molar-refractivity contribution in [3.05, 3.63) is 0 Å².